The molecule has 4 nitrogen and oxygen atoms in total. The third-order valence-corrected chi connectivity index (χ3v) is 3.38. The summed E-state index contributed by atoms with van der Waals surface area (Å²) in [6.45, 7) is 3.78. The Morgan fingerprint density at radius 2 is 2.05 bits per heavy atom. The monoisotopic (exact) mass is 316 g/mol. The fraction of sp³-hybridized carbons (Fsp3) is 0.308. The lowest BCUT2D eigenvalue weighted by Gasteiger charge is -2.10. The first-order valence-electron chi connectivity index (χ1n) is 5.92. The van der Waals surface area contributed by atoms with Crippen molar-refractivity contribution in [1.29, 1.82) is 0 Å². The van der Waals surface area contributed by atoms with Gasteiger partial charge >= 0.3 is 5.69 Å². The van der Waals surface area contributed by atoms with E-state index >= 15 is 0 Å². The molecule has 0 aliphatic heterocycles. The summed E-state index contributed by atoms with van der Waals surface area (Å²) in [6.07, 6.45) is 0.341. The highest BCUT2D eigenvalue weighted by molar-refractivity contribution is 6.38. The van der Waals surface area contributed by atoms with Crippen molar-refractivity contribution in [3.8, 4) is 0 Å². The highest BCUT2D eigenvalue weighted by Crippen LogP contribution is 2.37. The summed E-state index contributed by atoms with van der Waals surface area (Å²) in [5, 5.41) is 11.3. The summed E-state index contributed by atoms with van der Waals surface area (Å²) in [5.41, 5.74) is -0.0982. The van der Waals surface area contributed by atoms with E-state index in [2.05, 4.69) is 4.98 Å². The molecule has 0 N–H and O–H groups in total. The minimum Gasteiger partial charge on any atom is -0.258 e. The molecule has 1 heterocycles. The average molecular weight is 317 g/mol. The van der Waals surface area contributed by atoms with Gasteiger partial charge in [-0.25, -0.2) is 9.37 Å². The van der Waals surface area contributed by atoms with E-state index in [0.717, 1.165) is 6.07 Å². The largest absolute Gasteiger partial charge is 0.309 e. The minimum atomic E-state index is -0.644. The zero-order valence-electron chi connectivity index (χ0n) is 10.8. The van der Waals surface area contributed by atoms with Crippen LogP contribution in [0.15, 0.2) is 12.1 Å². The number of nitro groups is 1. The number of pyridine rings is 1. The number of aromatic nitrogens is 1. The van der Waals surface area contributed by atoms with Crippen molar-refractivity contribution >= 4 is 39.8 Å². The second kappa shape index (κ2) is 5.50. The maximum Gasteiger partial charge on any atom is 0.309 e. The third kappa shape index (κ3) is 2.69. The Kier molecular flexibility index (Phi) is 4.11. The number of halogens is 3. The van der Waals surface area contributed by atoms with E-state index in [1.54, 1.807) is 0 Å². The van der Waals surface area contributed by atoms with E-state index in [0.29, 0.717) is 6.42 Å². The van der Waals surface area contributed by atoms with Crippen molar-refractivity contribution in [2.45, 2.75) is 20.3 Å². The molecule has 0 atom stereocenters. The number of benzene rings is 1. The molecular weight excluding hydrogens is 306 g/mol. The molecule has 0 fully saturated rings. The maximum absolute atomic E-state index is 13.9. The van der Waals surface area contributed by atoms with Gasteiger partial charge in [0.15, 0.2) is 5.82 Å². The van der Waals surface area contributed by atoms with Crippen molar-refractivity contribution in [3.63, 3.8) is 0 Å². The second-order valence-electron chi connectivity index (χ2n) is 4.86. The standard InChI is InChI=1S/C13H11Cl2FN2O2/c1-6(2)3-10-13(18(19)20)11(15)8-4-7(14)5-9(16)12(8)17-10/h4-6H,3H2,1-2H3. The molecule has 0 saturated heterocycles. The molecule has 7 heteroatoms. The molecule has 0 amide bonds. The maximum atomic E-state index is 13.9. The Morgan fingerprint density at radius 1 is 1.40 bits per heavy atom. The molecule has 0 radical (unpaired) electrons. The minimum absolute atomic E-state index is 0.000602. The molecule has 0 bridgehead atoms. The molecule has 1 aromatic heterocycles. The van der Waals surface area contributed by atoms with Crippen LogP contribution in [-0.2, 0) is 6.42 Å². The van der Waals surface area contributed by atoms with Crippen LogP contribution in [0.2, 0.25) is 10.0 Å². The van der Waals surface area contributed by atoms with E-state index in [-0.39, 0.29) is 38.2 Å². The van der Waals surface area contributed by atoms with Gasteiger partial charge in [0, 0.05) is 10.4 Å². The Labute approximate surface area is 124 Å². The lowest BCUT2D eigenvalue weighted by atomic mass is 10.0. The lowest BCUT2D eigenvalue weighted by molar-refractivity contribution is -0.385. The van der Waals surface area contributed by atoms with E-state index in [9.17, 15) is 14.5 Å². The zero-order chi connectivity index (χ0) is 15.0. The normalized spacial score (nSPS) is 11.3. The highest BCUT2D eigenvalue weighted by atomic mass is 35.5. The van der Waals surface area contributed by atoms with Crippen molar-refractivity contribution in [3.05, 3.63) is 43.8 Å². The number of rotatable bonds is 3. The van der Waals surface area contributed by atoms with Crippen molar-refractivity contribution in [1.82, 2.24) is 4.98 Å². The predicted molar refractivity (Wildman–Crippen MR) is 76.9 cm³/mol. The summed E-state index contributed by atoms with van der Waals surface area (Å²) >= 11 is 11.8. The average Bonchev–Trinajstić information content (AvgIpc) is 2.29. The van der Waals surface area contributed by atoms with Crippen LogP contribution < -0.4 is 0 Å². The van der Waals surface area contributed by atoms with Crippen molar-refractivity contribution in [2.75, 3.05) is 0 Å². The fourth-order valence-corrected chi connectivity index (χ4v) is 2.53. The van der Waals surface area contributed by atoms with Gasteiger partial charge in [-0.15, -0.1) is 0 Å². The van der Waals surface area contributed by atoms with Crippen LogP contribution in [0.1, 0.15) is 19.5 Å². The van der Waals surface area contributed by atoms with Gasteiger partial charge in [0.1, 0.15) is 16.2 Å². The van der Waals surface area contributed by atoms with Gasteiger partial charge in [-0.3, -0.25) is 10.1 Å². The second-order valence-corrected chi connectivity index (χ2v) is 5.67. The topological polar surface area (TPSA) is 56.0 Å². The Morgan fingerprint density at radius 3 is 2.60 bits per heavy atom. The number of nitrogens with zero attached hydrogens (tertiary/aromatic N) is 2. The molecular formula is C13H11Cl2FN2O2. The summed E-state index contributed by atoms with van der Waals surface area (Å²) in [5.74, 6) is -0.514. The summed E-state index contributed by atoms with van der Waals surface area (Å²) in [6, 6.07) is 2.49. The fourth-order valence-electron chi connectivity index (χ4n) is 2.00. The van der Waals surface area contributed by atoms with Crippen LogP contribution >= 0.6 is 23.2 Å². The van der Waals surface area contributed by atoms with Crippen LogP contribution in [-0.4, -0.2) is 9.91 Å². The third-order valence-electron chi connectivity index (χ3n) is 2.78. The van der Waals surface area contributed by atoms with E-state index < -0.39 is 10.7 Å². The smallest absolute Gasteiger partial charge is 0.258 e. The van der Waals surface area contributed by atoms with Crippen LogP contribution in [0.3, 0.4) is 0 Å². The summed E-state index contributed by atoms with van der Waals surface area (Å²) < 4.78 is 13.9. The van der Waals surface area contributed by atoms with Crippen LogP contribution in [0.25, 0.3) is 10.9 Å². The number of hydrogen-bond acceptors (Lipinski definition) is 3. The van der Waals surface area contributed by atoms with Gasteiger partial charge in [-0.05, 0) is 24.5 Å². The number of hydrogen-bond donors (Lipinski definition) is 0. The lowest BCUT2D eigenvalue weighted by Crippen LogP contribution is -2.05. The molecule has 106 valence electrons. The van der Waals surface area contributed by atoms with Gasteiger partial charge in [-0.2, -0.15) is 0 Å². The molecule has 0 aliphatic rings. The van der Waals surface area contributed by atoms with Crippen LogP contribution in [0, 0.1) is 21.8 Å². The molecule has 0 unspecified atom stereocenters. The van der Waals surface area contributed by atoms with Gasteiger partial charge in [0.05, 0.1) is 4.92 Å². The SMILES string of the molecule is CC(C)Cc1nc2c(F)cc(Cl)cc2c(Cl)c1[N+](=O)[O-]. The van der Waals surface area contributed by atoms with Crippen LogP contribution in [0.5, 0.6) is 0 Å². The van der Waals surface area contributed by atoms with Gasteiger partial charge in [-0.1, -0.05) is 37.0 Å². The summed E-state index contributed by atoms with van der Waals surface area (Å²) in [4.78, 5) is 14.7. The van der Waals surface area contributed by atoms with Crippen molar-refractivity contribution < 1.29 is 9.31 Å². The van der Waals surface area contributed by atoms with Crippen LogP contribution in [0.4, 0.5) is 10.1 Å². The first-order chi connectivity index (χ1) is 9.31. The van der Waals surface area contributed by atoms with E-state index in [4.69, 9.17) is 23.2 Å². The summed E-state index contributed by atoms with van der Waals surface area (Å²) in [7, 11) is 0. The first kappa shape index (κ1) is 14.9. The van der Waals surface area contributed by atoms with Gasteiger partial charge in [0.25, 0.3) is 0 Å². The number of fused-ring (bicyclic) bond motifs is 1. The highest BCUT2D eigenvalue weighted by Gasteiger charge is 2.25. The quantitative estimate of drug-likeness (QED) is 0.604. The molecule has 2 aromatic rings. The van der Waals surface area contributed by atoms with Gasteiger partial charge < -0.3 is 0 Å². The Hall–Kier alpha value is -1.46. The van der Waals surface area contributed by atoms with E-state index in [1.165, 1.54) is 6.07 Å². The molecule has 1 aromatic carbocycles. The Bertz CT molecular complexity index is 705. The van der Waals surface area contributed by atoms with Gasteiger partial charge in [0.2, 0.25) is 0 Å². The van der Waals surface area contributed by atoms with E-state index in [1.807, 2.05) is 13.8 Å². The Balaban J connectivity index is 2.85. The molecule has 20 heavy (non-hydrogen) atoms. The predicted octanol–water partition coefficient (Wildman–Crippen LogP) is 4.79. The molecule has 0 spiro atoms. The van der Waals surface area contributed by atoms with Crippen molar-refractivity contribution in [2.24, 2.45) is 5.92 Å². The molecule has 0 saturated carbocycles. The first-order valence-corrected chi connectivity index (χ1v) is 6.68. The molecule has 2 rings (SSSR count). The zero-order valence-corrected chi connectivity index (χ0v) is 12.3. The molecule has 0 aliphatic carbocycles.